The molecule has 6 heteroatoms. The molecule has 6 nitrogen and oxygen atoms in total. The molecule has 1 aromatic heterocycles. The summed E-state index contributed by atoms with van der Waals surface area (Å²) in [4.78, 5) is 3.50. The van der Waals surface area contributed by atoms with Crippen LogP contribution in [0.2, 0.25) is 0 Å². The summed E-state index contributed by atoms with van der Waals surface area (Å²) in [5.74, 6) is 0. The zero-order valence-corrected chi connectivity index (χ0v) is 4.99. The molecule has 0 aliphatic carbocycles. The van der Waals surface area contributed by atoms with Gasteiger partial charge in [0.2, 0.25) is 0 Å². The van der Waals surface area contributed by atoms with Crippen molar-refractivity contribution in [1.82, 2.24) is 20.7 Å². The first-order chi connectivity index (χ1) is 4.97. The van der Waals surface area contributed by atoms with Crippen molar-refractivity contribution < 1.29 is 0 Å². The minimum atomic E-state index is 1.53. The molecule has 0 N–H and O–H groups in total. The van der Waals surface area contributed by atoms with Crippen molar-refractivity contribution in [3.8, 4) is 0 Å². The van der Waals surface area contributed by atoms with E-state index >= 15 is 0 Å². The lowest BCUT2D eigenvalue weighted by atomic mass is 10.9. The van der Waals surface area contributed by atoms with Gasteiger partial charge in [0.25, 0.3) is 0 Å². The lowest BCUT2D eigenvalue weighted by molar-refractivity contribution is 0.816. The van der Waals surface area contributed by atoms with Crippen molar-refractivity contribution in [3.05, 3.63) is 12.4 Å². The highest BCUT2D eigenvalue weighted by atomic mass is 16.0. The monoisotopic (exact) mass is 136 g/mol. The minimum Gasteiger partial charge on any atom is -0.137 e. The van der Waals surface area contributed by atoms with Gasteiger partial charge in [-0.2, -0.15) is 0 Å². The Balaban J connectivity index is 0.0000000807. The van der Waals surface area contributed by atoms with Gasteiger partial charge in [0.1, 0.15) is 0 Å². The Bertz CT molecular complexity index is 240. The maximum Gasteiger partial charge on any atom is 0.0716 e. The van der Waals surface area contributed by atoms with E-state index in [1.807, 2.05) is 12.4 Å². The quantitative estimate of drug-likeness (QED) is 0.417. The maximum absolute atomic E-state index is 3.72. The number of hydrogen-bond donors (Lipinski definition) is 0. The van der Waals surface area contributed by atoms with E-state index in [4.69, 9.17) is 0 Å². The molecule has 0 fully saturated rings. The maximum atomic E-state index is 3.72. The van der Waals surface area contributed by atoms with Gasteiger partial charge in [-0.05, 0) is 11.1 Å². The second-order valence-electron chi connectivity index (χ2n) is 1.65. The van der Waals surface area contributed by atoms with Crippen molar-refractivity contribution in [2.75, 3.05) is 0 Å². The molecule has 0 spiro atoms. The molecule has 2 aliphatic heterocycles. The fourth-order valence-corrected chi connectivity index (χ4v) is 0.471. The molecule has 0 saturated heterocycles. The standard InChI is InChI=1S/2C2H2N3/c1-2-5-3-4(1)5;1-2-4-5-3-1/h2*1-2H. The average Bonchev–Trinajstić information content (AvgIpc) is 2.43. The van der Waals surface area contributed by atoms with Gasteiger partial charge in [0.15, 0.2) is 0 Å². The summed E-state index contributed by atoms with van der Waals surface area (Å²) in [6.07, 6.45) is 6.83. The summed E-state index contributed by atoms with van der Waals surface area (Å²) in [5.41, 5.74) is 6.94. The summed E-state index contributed by atoms with van der Waals surface area (Å²) in [6, 6.07) is 0. The third-order valence-electron chi connectivity index (χ3n) is 0.999. The van der Waals surface area contributed by atoms with Crippen LogP contribution in [0.1, 0.15) is 0 Å². The van der Waals surface area contributed by atoms with Crippen LogP contribution in [0.25, 0.3) is 0 Å². The van der Waals surface area contributed by atoms with Crippen molar-refractivity contribution >= 4 is 12.4 Å². The first-order valence-electron chi connectivity index (χ1n) is 2.70. The SMILES string of the molecule is C1=N[N]N=C1.c1cn2n1[N]2. The Kier molecular flexibility index (Phi) is 0.970. The van der Waals surface area contributed by atoms with Crippen LogP contribution in [0, 0.1) is 0 Å². The fourth-order valence-electron chi connectivity index (χ4n) is 0.471. The highest BCUT2D eigenvalue weighted by Gasteiger charge is 2.13. The molecule has 0 saturated carbocycles. The normalized spacial score (nSPS) is 14.8. The van der Waals surface area contributed by atoms with E-state index in [0.29, 0.717) is 0 Å². The molecule has 1 aromatic rings. The number of nitrogens with zero attached hydrogens (tertiary/aromatic N) is 6. The first-order valence-corrected chi connectivity index (χ1v) is 2.70. The van der Waals surface area contributed by atoms with Crippen LogP contribution in [0.5, 0.6) is 0 Å². The van der Waals surface area contributed by atoms with Crippen LogP contribution in [0.15, 0.2) is 22.6 Å². The van der Waals surface area contributed by atoms with E-state index in [9.17, 15) is 0 Å². The second kappa shape index (κ2) is 1.90. The summed E-state index contributed by atoms with van der Waals surface area (Å²) < 4.78 is 0. The summed E-state index contributed by atoms with van der Waals surface area (Å²) >= 11 is 0. The fraction of sp³-hybridized carbons (Fsp3) is 0. The van der Waals surface area contributed by atoms with Gasteiger partial charge in [0.05, 0.1) is 24.8 Å². The van der Waals surface area contributed by atoms with Gasteiger partial charge in [-0.1, -0.05) is 0 Å². The molecule has 2 radical (unpaired) electrons. The molecule has 0 amide bonds. The predicted molar refractivity (Wildman–Crippen MR) is 34.5 cm³/mol. The summed E-state index contributed by atoms with van der Waals surface area (Å²) in [7, 11) is 0. The number of fused-ring (bicyclic) bond motifs is 1. The molecule has 0 bridgehead atoms. The molecule has 3 rings (SSSR count). The summed E-state index contributed by atoms with van der Waals surface area (Å²) in [6.45, 7) is 0. The average molecular weight is 136 g/mol. The molecular weight excluding hydrogens is 132 g/mol. The molecule has 0 unspecified atom stereocenters. The Morgan fingerprint density at radius 3 is 1.60 bits per heavy atom. The van der Waals surface area contributed by atoms with Gasteiger partial charge in [-0.15, -0.1) is 19.8 Å². The van der Waals surface area contributed by atoms with E-state index < -0.39 is 0 Å². The second-order valence-corrected chi connectivity index (χ2v) is 1.65. The van der Waals surface area contributed by atoms with Gasteiger partial charge in [-0.3, -0.25) is 0 Å². The Hall–Kier alpha value is -1.72. The van der Waals surface area contributed by atoms with Gasteiger partial charge in [0, 0.05) is 0 Å². The zero-order valence-electron chi connectivity index (χ0n) is 4.99. The van der Waals surface area contributed by atoms with Crippen LogP contribution in [-0.4, -0.2) is 22.0 Å². The molecule has 0 atom stereocenters. The molecule has 0 aromatic carbocycles. The molecule has 50 valence electrons. The Morgan fingerprint density at radius 1 is 0.900 bits per heavy atom. The topological polar surface area (TPSA) is 62.8 Å². The number of hydrogen-bond acceptors (Lipinski definition) is 2. The summed E-state index contributed by atoms with van der Waals surface area (Å²) in [5, 5.41) is 6.72. The molecule has 3 heterocycles. The van der Waals surface area contributed by atoms with Crippen molar-refractivity contribution in [3.63, 3.8) is 0 Å². The lowest BCUT2D eigenvalue weighted by Gasteiger charge is -1.67. The Morgan fingerprint density at radius 2 is 1.50 bits per heavy atom. The van der Waals surface area contributed by atoms with Crippen LogP contribution < -0.4 is 11.1 Å². The number of aromatic nitrogens is 2. The lowest BCUT2D eigenvalue weighted by Crippen LogP contribution is -1.75. The third kappa shape index (κ3) is 0.859. The van der Waals surface area contributed by atoms with E-state index in [-0.39, 0.29) is 0 Å². The van der Waals surface area contributed by atoms with E-state index in [1.165, 1.54) is 12.4 Å². The smallest absolute Gasteiger partial charge is 0.0716 e. The number of rotatable bonds is 0. The predicted octanol–water partition coefficient (Wildman–Crippen LogP) is -0.990. The third-order valence-corrected chi connectivity index (χ3v) is 0.999. The van der Waals surface area contributed by atoms with Crippen molar-refractivity contribution in [2.45, 2.75) is 0 Å². The van der Waals surface area contributed by atoms with Crippen LogP contribution in [0.4, 0.5) is 0 Å². The van der Waals surface area contributed by atoms with Gasteiger partial charge < -0.3 is 0 Å². The Labute approximate surface area is 56.7 Å². The van der Waals surface area contributed by atoms with Gasteiger partial charge in [-0.25, -0.2) is 0 Å². The van der Waals surface area contributed by atoms with Crippen LogP contribution >= 0.6 is 0 Å². The van der Waals surface area contributed by atoms with E-state index in [1.54, 1.807) is 9.58 Å². The zero-order chi connectivity index (χ0) is 6.81. The van der Waals surface area contributed by atoms with E-state index in [0.717, 1.165) is 0 Å². The largest absolute Gasteiger partial charge is 0.137 e. The van der Waals surface area contributed by atoms with Crippen molar-refractivity contribution in [1.29, 1.82) is 0 Å². The highest BCUT2D eigenvalue weighted by Crippen LogP contribution is 1.98. The van der Waals surface area contributed by atoms with Crippen LogP contribution in [0.3, 0.4) is 0 Å². The van der Waals surface area contributed by atoms with E-state index in [2.05, 4.69) is 21.3 Å². The van der Waals surface area contributed by atoms with Gasteiger partial charge >= 0.3 is 0 Å². The highest BCUT2D eigenvalue weighted by molar-refractivity contribution is 6.16. The minimum absolute atomic E-state index is 1.53. The molecule has 10 heavy (non-hydrogen) atoms. The first kappa shape index (κ1) is 5.10. The van der Waals surface area contributed by atoms with Crippen LogP contribution in [-0.2, 0) is 0 Å². The molecular formula is C4H4N6. The molecule has 2 aliphatic rings. The van der Waals surface area contributed by atoms with Crippen molar-refractivity contribution in [2.24, 2.45) is 10.2 Å².